The van der Waals surface area contributed by atoms with Gasteiger partial charge in [0, 0.05) is 69.9 Å². The van der Waals surface area contributed by atoms with Crippen molar-refractivity contribution in [2.45, 2.75) is 30.1 Å². The predicted octanol–water partition coefficient (Wildman–Crippen LogP) is 5.74. The van der Waals surface area contributed by atoms with Crippen molar-refractivity contribution in [3.05, 3.63) is 95.3 Å². The Morgan fingerprint density at radius 2 is 1.59 bits per heavy atom. The summed E-state index contributed by atoms with van der Waals surface area (Å²) in [4.78, 5) is 30.3. The molecule has 0 radical (unpaired) electrons. The molecule has 4 aromatic rings. The van der Waals surface area contributed by atoms with E-state index in [2.05, 4.69) is 39.2 Å². The van der Waals surface area contributed by atoms with E-state index in [1.54, 1.807) is 17.8 Å². The van der Waals surface area contributed by atoms with E-state index in [0.717, 1.165) is 38.5 Å². The highest BCUT2D eigenvalue weighted by atomic mass is 32.2. The highest BCUT2D eigenvalue weighted by molar-refractivity contribution is 7.99. The van der Waals surface area contributed by atoms with Crippen LogP contribution in [-0.4, -0.2) is 43.4 Å². The van der Waals surface area contributed by atoms with Gasteiger partial charge in [-0.2, -0.15) is 0 Å². The van der Waals surface area contributed by atoms with Gasteiger partial charge in [0.1, 0.15) is 6.79 Å². The van der Waals surface area contributed by atoms with Gasteiger partial charge in [-0.1, -0.05) is 49.9 Å². The van der Waals surface area contributed by atoms with Crippen molar-refractivity contribution >= 4 is 42.4 Å². The minimum absolute atomic E-state index is 0.557. The van der Waals surface area contributed by atoms with Crippen LogP contribution in [0.2, 0.25) is 0 Å². The van der Waals surface area contributed by atoms with Gasteiger partial charge in [-0.05, 0) is 54.6 Å². The third-order valence-electron chi connectivity index (χ3n) is 5.19. The molecule has 3 aromatic carbocycles. The van der Waals surface area contributed by atoms with E-state index in [0.29, 0.717) is 29.1 Å². The van der Waals surface area contributed by atoms with Gasteiger partial charge in [0.15, 0.2) is 12.1 Å². The van der Waals surface area contributed by atoms with Crippen LogP contribution in [0.3, 0.4) is 0 Å². The number of benzene rings is 3. The summed E-state index contributed by atoms with van der Waals surface area (Å²) in [5.74, 6) is 0.596. The fourth-order valence-corrected chi connectivity index (χ4v) is 4.46. The van der Waals surface area contributed by atoms with Crippen LogP contribution >= 0.6 is 11.8 Å². The van der Waals surface area contributed by atoms with E-state index in [9.17, 15) is 4.79 Å². The lowest BCUT2D eigenvalue weighted by molar-refractivity contribution is -0.0980. The van der Waals surface area contributed by atoms with Gasteiger partial charge < -0.3 is 27.0 Å². The molecule has 6 N–H and O–H groups in total. The number of aromatic nitrogens is 2. The van der Waals surface area contributed by atoms with Crippen LogP contribution in [0, 0.1) is 5.41 Å². The first-order valence-electron chi connectivity index (χ1n) is 12.2. The second-order valence-corrected chi connectivity index (χ2v) is 8.50. The predicted molar refractivity (Wildman–Crippen MR) is 163 cm³/mol. The smallest absolute Gasteiger partial charge is 0.159 e. The maximum absolute atomic E-state index is 11.3. The van der Waals surface area contributed by atoms with Crippen molar-refractivity contribution in [3.8, 4) is 11.4 Å². The van der Waals surface area contributed by atoms with E-state index < -0.39 is 0 Å². The van der Waals surface area contributed by atoms with Crippen molar-refractivity contribution in [2.75, 3.05) is 25.1 Å². The molecule has 0 saturated carbocycles. The lowest BCUT2D eigenvalue weighted by atomic mass is 10.1. The SMILES string of the molecule is C=O.CC.CN.CNc1cc(Cc2cnc(-c3ccc(N)c(C=N)c3)nc2)ccc1Sc1ccccc1C=O. The summed E-state index contributed by atoms with van der Waals surface area (Å²) >= 11 is 1.57. The maximum atomic E-state index is 11.3. The number of nitrogens with two attached hydrogens (primary N) is 2. The van der Waals surface area contributed by atoms with E-state index >= 15 is 0 Å². The number of nitrogens with one attached hydrogen (secondary N) is 2. The van der Waals surface area contributed by atoms with E-state index in [1.807, 2.05) is 76.5 Å². The van der Waals surface area contributed by atoms with E-state index in [4.69, 9.17) is 15.9 Å². The molecule has 9 heteroatoms. The maximum Gasteiger partial charge on any atom is 0.159 e. The van der Waals surface area contributed by atoms with Crippen molar-refractivity contribution in [1.82, 2.24) is 9.97 Å². The Bertz CT molecular complexity index is 1330. The Kier molecular flexibility index (Phi) is 15.1. The zero-order valence-electron chi connectivity index (χ0n) is 22.8. The molecule has 0 aliphatic heterocycles. The fourth-order valence-electron chi connectivity index (χ4n) is 3.43. The Hall–Kier alpha value is -4.34. The number of hydrogen-bond acceptors (Lipinski definition) is 9. The monoisotopic (exact) mass is 544 g/mol. The van der Waals surface area contributed by atoms with Crippen LogP contribution in [0.4, 0.5) is 11.4 Å². The number of anilines is 2. The first kappa shape index (κ1) is 32.7. The number of rotatable bonds is 8. The topological polar surface area (TPSA) is 148 Å². The molecule has 0 aliphatic rings. The molecule has 1 aromatic heterocycles. The number of aldehydes is 1. The molecule has 0 bridgehead atoms. The van der Waals surface area contributed by atoms with Crippen molar-refractivity contribution in [2.24, 2.45) is 5.73 Å². The molecule has 204 valence electrons. The van der Waals surface area contributed by atoms with E-state index in [-0.39, 0.29) is 0 Å². The second-order valence-electron chi connectivity index (χ2n) is 7.42. The Morgan fingerprint density at radius 1 is 0.923 bits per heavy atom. The lowest BCUT2D eigenvalue weighted by Crippen LogP contribution is -1.98. The van der Waals surface area contributed by atoms with Gasteiger partial charge in [0.2, 0.25) is 0 Å². The molecule has 0 atom stereocenters. The van der Waals surface area contributed by atoms with Crippen LogP contribution in [0.5, 0.6) is 0 Å². The summed E-state index contributed by atoms with van der Waals surface area (Å²) in [6.45, 7) is 6.00. The standard InChI is InChI=1S/C26H23N5OS.C2H6.CH5N.CH2O/c1-29-23-11-17(6-9-25(23)33-24-5-3-2-4-20(24)16-32)10-18-14-30-26(31-15-18)19-7-8-22(28)21(12-19)13-27;3*1-2/h2-9,11-16,27,29H,10,28H2,1H3;1-2H3;2H2,1H3;1H2. The minimum atomic E-state index is 0.557. The molecule has 0 saturated heterocycles. The number of nitrogen functional groups attached to an aromatic ring is 1. The fraction of sp³-hybridized carbons (Fsp3) is 0.167. The van der Waals surface area contributed by atoms with Gasteiger partial charge in [0.25, 0.3) is 0 Å². The molecule has 1 heterocycles. The van der Waals surface area contributed by atoms with E-state index in [1.165, 1.54) is 13.3 Å². The molecule has 4 rings (SSSR count). The summed E-state index contributed by atoms with van der Waals surface area (Å²) in [6.07, 6.45) is 6.45. The molecule has 8 nitrogen and oxygen atoms in total. The number of carbonyl (C=O) groups excluding carboxylic acids is 2. The van der Waals surface area contributed by atoms with Crippen molar-refractivity contribution in [1.29, 1.82) is 5.41 Å². The summed E-state index contributed by atoms with van der Waals surface area (Å²) < 4.78 is 0. The van der Waals surface area contributed by atoms with Gasteiger partial charge in [0.05, 0.1) is 0 Å². The third-order valence-corrected chi connectivity index (χ3v) is 6.36. The Morgan fingerprint density at radius 3 is 2.21 bits per heavy atom. The zero-order chi connectivity index (χ0) is 29.2. The lowest BCUT2D eigenvalue weighted by Gasteiger charge is -2.12. The largest absolute Gasteiger partial charge is 0.398 e. The van der Waals surface area contributed by atoms with Crippen molar-refractivity contribution in [3.63, 3.8) is 0 Å². The molecule has 0 aliphatic carbocycles. The van der Waals surface area contributed by atoms with Crippen molar-refractivity contribution < 1.29 is 9.59 Å². The summed E-state index contributed by atoms with van der Waals surface area (Å²) in [6, 6.07) is 19.3. The van der Waals surface area contributed by atoms with Gasteiger partial charge in [-0.15, -0.1) is 0 Å². The average Bonchev–Trinajstić information content (AvgIpc) is 3.02. The number of nitrogens with zero attached hydrogens (tertiary/aromatic N) is 2. The highest BCUT2D eigenvalue weighted by Crippen LogP contribution is 2.35. The van der Waals surface area contributed by atoms with Gasteiger partial charge >= 0.3 is 0 Å². The van der Waals surface area contributed by atoms with Gasteiger partial charge in [-0.25, -0.2) is 9.97 Å². The molecule has 39 heavy (non-hydrogen) atoms. The number of hydrogen-bond donors (Lipinski definition) is 4. The summed E-state index contributed by atoms with van der Waals surface area (Å²) in [5.41, 5.74) is 16.2. The molecular weight excluding hydrogens is 508 g/mol. The van der Waals surface area contributed by atoms with Crippen LogP contribution in [0.15, 0.2) is 82.8 Å². The van der Waals surface area contributed by atoms with Crippen LogP contribution in [-0.2, 0) is 11.2 Å². The quantitative estimate of drug-likeness (QED) is 0.125. The molecule has 0 spiro atoms. The zero-order valence-corrected chi connectivity index (χ0v) is 23.6. The first-order chi connectivity index (χ1) is 19.1. The van der Waals surface area contributed by atoms with Crippen LogP contribution in [0.25, 0.3) is 11.4 Å². The Labute approximate surface area is 234 Å². The average molecular weight is 545 g/mol. The summed E-state index contributed by atoms with van der Waals surface area (Å²) in [5, 5.41) is 10.7. The first-order valence-corrected chi connectivity index (χ1v) is 13.0. The molecular formula is C30H36N6O2S. The van der Waals surface area contributed by atoms with Crippen LogP contribution < -0.4 is 16.8 Å². The Balaban J connectivity index is 0.00000119. The summed E-state index contributed by atoms with van der Waals surface area (Å²) in [7, 11) is 3.39. The van der Waals surface area contributed by atoms with Crippen LogP contribution in [0.1, 0.15) is 40.9 Å². The minimum Gasteiger partial charge on any atom is -0.398 e. The molecule has 0 unspecified atom stereocenters. The second kappa shape index (κ2) is 18.0. The molecule has 0 fully saturated rings. The third kappa shape index (κ3) is 9.17. The number of carbonyl (C=O) groups is 2. The normalized spacial score (nSPS) is 9.36. The highest BCUT2D eigenvalue weighted by Gasteiger charge is 2.10. The molecule has 0 amide bonds. The van der Waals surface area contributed by atoms with Gasteiger partial charge in [-0.3, -0.25) is 4.79 Å².